The third kappa shape index (κ3) is 2.79. The number of hydrogen-bond acceptors (Lipinski definition) is 1. The van der Waals surface area contributed by atoms with Crippen LogP contribution in [0.3, 0.4) is 0 Å². The number of allylic oxidation sites excluding steroid dienone is 2. The van der Waals surface area contributed by atoms with Crippen LogP contribution in [0.15, 0.2) is 36.0 Å². The lowest BCUT2D eigenvalue weighted by atomic mass is 9.89. The van der Waals surface area contributed by atoms with E-state index in [1.807, 2.05) is 36.1 Å². The number of hydrogen-bond donors (Lipinski definition) is 0. The van der Waals surface area contributed by atoms with Gasteiger partial charge in [0.05, 0.1) is 11.4 Å². The Morgan fingerprint density at radius 2 is 1.86 bits per heavy atom. The first-order valence-corrected chi connectivity index (χ1v) is 8.74. The molecule has 118 valence electrons. The normalized spacial score (nSPS) is 32.3. The quantitative estimate of drug-likeness (QED) is 0.681. The summed E-state index contributed by atoms with van der Waals surface area (Å²) in [7, 11) is 0. The summed E-state index contributed by atoms with van der Waals surface area (Å²) in [6.45, 7) is 4.18. The molecular formula is C18H21Cl2NO. The second kappa shape index (κ2) is 6.25. The highest BCUT2D eigenvalue weighted by atomic mass is 35.5. The first kappa shape index (κ1) is 15.9. The van der Waals surface area contributed by atoms with Gasteiger partial charge in [0.15, 0.2) is 0 Å². The SMILES string of the molecule is CC1C(=O)N(C2=CC(Cl)CCC2)C(c2ccc(Cl)cc2)C1C. The molecule has 22 heavy (non-hydrogen) atoms. The van der Waals surface area contributed by atoms with Gasteiger partial charge >= 0.3 is 0 Å². The maximum atomic E-state index is 12.8. The first-order chi connectivity index (χ1) is 10.5. The molecule has 0 N–H and O–H groups in total. The van der Waals surface area contributed by atoms with Crippen LogP contribution < -0.4 is 0 Å². The summed E-state index contributed by atoms with van der Waals surface area (Å²) >= 11 is 12.3. The molecule has 1 aromatic rings. The lowest BCUT2D eigenvalue weighted by Gasteiger charge is -2.32. The van der Waals surface area contributed by atoms with Crippen LogP contribution in [0, 0.1) is 11.8 Å². The summed E-state index contributed by atoms with van der Waals surface area (Å²) in [4.78, 5) is 14.8. The molecule has 1 aromatic carbocycles. The maximum Gasteiger partial charge on any atom is 0.230 e. The zero-order chi connectivity index (χ0) is 15.9. The van der Waals surface area contributed by atoms with Crippen LogP contribution in [0.25, 0.3) is 0 Å². The topological polar surface area (TPSA) is 20.3 Å². The van der Waals surface area contributed by atoms with Crippen molar-refractivity contribution in [3.8, 4) is 0 Å². The molecule has 4 heteroatoms. The van der Waals surface area contributed by atoms with E-state index in [-0.39, 0.29) is 29.2 Å². The number of carbonyl (C=O) groups is 1. The predicted octanol–water partition coefficient (Wildman–Crippen LogP) is 5.17. The molecular weight excluding hydrogens is 317 g/mol. The molecule has 0 bridgehead atoms. The van der Waals surface area contributed by atoms with Crippen molar-refractivity contribution in [1.82, 2.24) is 4.90 Å². The third-order valence-electron chi connectivity index (χ3n) is 5.00. The van der Waals surface area contributed by atoms with Crippen molar-refractivity contribution in [3.05, 3.63) is 46.6 Å². The van der Waals surface area contributed by atoms with Crippen LogP contribution >= 0.6 is 23.2 Å². The number of halogens is 2. The van der Waals surface area contributed by atoms with Crippen LogP contribution in [-0.4, -0.2) is 16.2 Å². The molecule has 0 aromatic heterocycles. The predicted molar refractivity (Wildman–Crippen MR) is 90.9 cm³/mol. The number of rotatable bonds is 2. The van der Waals surface area contributed by atoms with Crippen LogP contribution in [-0.2, 0) is 4.79 Å². The molecule has 2 aliphatic rings. The largest absolute Gasteiger partial charge is 0.308 e. The van der Waals surface area contributed by atoms with Crippen LogP contribution in [0.4, 0.5) is 0 Å². The lowest BCUT2D eigenvalue weighted by molar-refractivity contribution is -0.130. The number of benzene rings is 1. The van der Waals surface area contributed by atoms with Crippen molar-refractivity contribution in [2.45, 2.75) is 44.5 Å². The van der Waals surface area contributed by atoms with E-state index in [0.29, 0.717) is 0 Å². The summed E-state index contributed by atoms with van der Waals surface area (Å²) < 4.78 is 0. The lowest BCUT2D eigenvalue weighted by Crippen LogP contribution is -2.30. The fourth-order valence-electron chi connectivity index (χ4n) is 3.58. The minimum absolute atomic E-state index is 0.0253. The summed E-state index contributed by atoms with van der Waals surface area (Å²) in [6, 6.07) is 7.93. The van der Waals surface area contributed by atoms with E-state index in [4.69, 9.17) is 23.2 Å². The average molecular weight is 338 g/mol. The number of amides is 1. The first-order valence-electron chi connectivity index (χ1n) is 7.92. The molecule has 1 heterocycles. The minimum Gasteiger partial charge on any atom is -0.308 e. The van der Waals surface area contributed by atoms with Gasteiger partial charge in [-0.05, 0) is 49.0 Å². The van der Waals surface area contributed by atoms with Gasteiger partial charge in [0.25, 0.3) is 0 Å². The molecule has 0 saturated carbocycles. The molecule has 1 aliphatic heterocycles. The van der Waals surface area contributed by atoms with Crippen molar-refractivity contribution < 1.29 is 4.79 Å². The molecule has 4 atom stereocenters. The molecule has 1 saturated heterocycles. The van der Waals surface area contributed by atoms with E-state index in [9.17, 15) is 4.79 Å². The van der Waals surface area contributed by atoms with Gasteiger partial charge in [0, 0.05) is 16.6 Å². The monoisotopic (exact) mass is 337 g/mol. The van der Waals surface area contributed by atoms with Crippen LogP contribution in [0.5, 0.6) is 0 Å². The van der Waals surface area contributed by atoms with E-state index in [1.54, 1.807) is 0 Å². The Balaban J connectivity index is 2.00. The highest BCUT2D eigenvalue weighted by Crippen LogP contribution is 2.45. The van der Waals surface area contributed by atoms with Crippen molar-refractivity contribution >= 4 is 29.1 Å². The number of nitrogens with zero attached hydrogens (tertiary/aromatic N) is 1. The van der Waals surface area contributed by atoms with Gasteiger partial charge in [-0.3, -0.25) is 4.79 Å². The van der Waals surface area contributed by atoms with Crippen molar-refractivity contribution in [2.75, 3.05) is 0 Å². The highest BCUT2D eigenvalue weighted by molar-refractivity contribution is 6.30. The maximum absolute atomic E-state index is 12.8. The second-order valence-corrected chi connectivity index (χ2v) is 7.42. The Bertz CT molecular complexity index is 596. The van der Waals surface area contributed by atoms with Crippen molar-refractivity contribution in [2.24, 2.45) is 11.8 Å². The highest BCUT2D eigenvalue weighted by Gasteiger charge is 2.45. The molecule has 0 radical (unpaired) electrons. The summed E-state index contributed by atoms with van der Waals surface area (Å²) in [5, 5.41) is 0.756. The fraction of sp³-hybridized carbons (Fsp3) is 0.500. The molecule has 1 fully saturated rings. The minimum atomic E-state index is 0.0253. The van der Waals surface area contributed by atoms with E-state index < -0.39 is 0 Å². The Kier molecular flexibility index (Phi) is 4.52. The Morgan fingerprint density at radius 3 is 2.50 bits per heavy atom. The zero-order valence-electron chi connectivity index (χ0n) is 12.9. The Hall–Kier alpha value is -0.990. The van der Waals surface area contributed by atoms with Gasteiger partial charge in [-0.15, -0.1) is 11.6 Å². The smallest absolute Gasteiger partial charge is 0.230 e. The molecule has 4 unspecified atom stereocenters. The standard InChI is InChI=1S/C18H21Cl2NO/c1-11-12(2)18(22)21(16-5-3-4-15(20)10-16)17(11)13-6-8-14(19)9-7-13/h6-12,15,17H,3-5H2,1-2H3. The van der Waals surface area contributed by atoms with Crippen LogP contribution in [0.1, 0.15) is 44.7 Å². The van der Waals surface area contributed by atoms with Gasteiger partial charge in [-0.1, -0.05) is 37.6 Å². The Labute approximate surface area is 142 Å². The summed E-state index contributed by atoms with van der Waals surface area (Å²) in [6.07, 6.45) is 5.03. The zero-order valence-corrected chi connectivity index (χ0v) is 14.4. The van der Waals surface area contributed by atoms with E-state index >= 15 is 0 Å². The summed E-state index contributed by atoms with van der Waals surface area (Å²) in [5.74, 6) is 0.507. The van der Waals surface area contributed by atoms with E-state index in [1.165, 1.54) is 0 Å². The van der Waals surface area contributed by atoms with Crippen molar-refractivity contribution in [3.63, 3.8) is 0 Å². The van der Waals surface area contributed by atoms with Gasteiger partial charge < -0.3 is 4.90 Å². The van der Waals surface area contributed by atoms with Gasteiger partial charge in [0.1, 0.15) is 0 Å². The average Bonchev–Trinajstić information content (AvgIpc) is 2.72. The summed E-state index contributed by atoms with van der Waals surface area (Å²) in [5.41, 5.74) is 2.24. The van der Waals surface area contributed by atoms with Gasteiger partial charge in [-0.2, -0.15) is 0 Å². The van der Waals surface area contributed by atoms with E-state index in [0.717, 1.165) is 35.5 Å². The van der Waals surface area contributed by atoms with Gasteiger partial charge in [0.2, 0.25) is 5.91 Å². The number of likely N-dealkylation sites (tertiary alicyclic amines) is 1. The molecule has 1 amide bonds. The third-order valence-corrected chi connectivity index (χ3v) is 5.60. The van der Waals surface area contributed by atoms with Crippen molar-refractivity contribution in [1.29, 1.82) is 0 Å². The Morgan fingerprint density at radius 1 is 1.18 bits per heavy atom. The fourth-order valence-corrected chi connectivity index (χ4v) is 4.00. The van der Waals surface area contributed by atoms with Gasteiger partial charge in [-0.25, -0.2) is 0 Å². The molecule has 1 aliphatic carbocycles. The molecule has 0 spiro atoms. The molecule has 3 rings (SSSR count). The van der Waals surface area contributed by atoms with E-state index in [2.05, 4.69) is 13.0 Å². The number of alkyl halides is 1. The number of carbonyl (C=O) groups excluding carboxylic acids is 1. The van der Waals surface area contributed by atoms with Crippen LogP contribution in [0.2, 0.25) is 5.02 Å². The molecule has 2 nitrogen and oxygen atoms in total. The second-order valence-electron chi connectivity index (χ2n) is 6.42.